The van der Waals surface area contributed by atoms with Crippen LogP contribution < -0.4 is 0 Å². The summed E-state index contributed by atoms with van der Waals surface area (Å²) in [7, 11) is 0. The van der Waals surface area contributed by atoms with Crippen LogP contribution in [0.3, 0.4) is 0 Å². The molecule has 1 heterocycles. The summed E-state index contributed by atoms with van der Waals surface area (Å²) < 4.78 is 0. The molecule has 0 aromatic heterocycles. The second-order valence-electron chi connectivity index (χ2n) is 7.95. The van der Waals surface area contributed by atoms with E-state index in [0.717, 1.165) is 12.8 Å². The van der Waals surface area contributed by atoms with Crippen molar-refractivity contribution in [2.75, 3.05) is 0 Å². The molecule has 1 aliphatic rings. The molecule has 0 bridgehead atoms. The van der Waals surface area contributed by atoms with Crippen LogP contribution in [-0.2, 0) is 0 Å². The molecule has 0 fully saturated rings. The molecular formula is C23H35NO2. The summed E-state index contributed by atoms with van der Waals surface area (Å²) in [5.74, 6) is 0.0618. The van der Waals surface area contributed by atoms with Gasteiger partial charge in [-0.1, -0.05) is 90.7 Å². The molecule has 1 unspecified atom stereocenters. The van der Waals surface area contributed by atoms with Gasteiger partial charge in [0.2, 0.25) is 0 Å². The fourth-order valence-electron chi connectivity index (χ4n) is 3.93. The van der Waals surface area contributed by atoms with Gasteiger partial charge in [-0.15, -0.1) is 0 Å². The number of rotatable bonds is 12. The minimum Gasteiger partial charge on any atom is -0.271 e. The molecule has 2 rings (SSSR count). The highest BCUT2D eigenvalue weighted by molar-refractivity contribution is 6.21. The summed E-state index contributed by atoms with van der Waals surface area (Å²) >= 11 is 0. The van der Waals surface area contributed by atoms with Crippen molar-refractivity contribution in [3.63, 3.8) is 0 Å². The minimum atomic E-state index is -0.111. The van der Waals surface area contributed by atoms with E-state index in [0.29, 0.717) is 11.1 Å². The molecule has 1 aromatic carbocycles. The Morgan fingerprint density at radius 1 is 0.769 bits per heavy atom. The Hall–Kier alpha value is -1.64. The van der Waals surface area contributed by atoms with Crippen molar-refractivity contribution in [2.24, 2.45) is 5.92 Å². The van der Waals surface area contributed by atoms with Crippen molar-refractivity contribution in [2.45, 2.75) is 91.0 Å². The van der Waals surface area contributed by atoms with Crippen molar-refractivity contribution in [3.8, 4) is 0 Å². The summed E-state index contributed by atoms with van der Waals surface area (Å²) in [6.45, 7) is 6.48. The lowest BCUT2D eigenvalue weighted by Gasteiger charge is -2.29. The number of amides is 2. The number of nitrogens with zero attached hydrogens (tertiary/aromatic N) is 1. The second kappa shape index (κ2) is 10.5. The van der Waals surface area contributed by atoms with E-state index in [1.165, 1.54) is 56.3 Å². The van der Waals surface area contributed by atoms with Crippen molar-refractivity contribution in [1.29, 1.82) is 0 Å². The topological polar surface area (TPSA) is 37.4 Å². The number of carbonyl (C=O) groups excluding carboxylic acids is 2. The quantitative estimate of drug-likeness (QED) is 0.328. The van der Waals surface area contributed by atoms with Gasteiger partial charge in [-0.25, -0.2) is 0 Å². The minimum absolute atomic E-state index is 0.00644. The van der Waals surface area contributed by atoms with Gasteiger partial charge in [0.05, 0.1) is 11.1 Å². The van der Waals surface area contributed by atoms with E-state index in [1.54, 1.807) is 12.1 Å². The molecule has 2 amide bonds. The maximum absolute atomic E-state index is 12.7. The summed E-state index contributed by atoms with van der Waals surface area (Å²) in [4.78, 5) is 27.0. The molecule has 1 atom stereocenters. The molecule has 0 aliphatic carbocycles. The number of hydrogen-bond acceptors (Lipinski definition) is 2. The SMILES string of the molecule is CCCCCCCCCCCC(C(C)C)N1C(=O)c2ccccc2C1=O. The van der Waals surface area contributed by atoms with E-state index in [-0.39, 0.29) is 23.8 Å². The van der Waals surface area contributed by atoms with E-state index in [9.17, 15) is 9.59 Å². The molecule has 3 heteroatoms. The van der Waals surface area contributed by atoms with E-state index in [1.807, 2.05) is 12.1 Å². The van der Waals surface area contributed by atoms with Gasteiger partial charge in [-0.3, -0.25) is 14.5 Å². The van der Waals surface area contributed by atoms with E-state index in [4.69, 9.17) is 0 Å². The number of hydrogen-bond donors (Lipinski definition) is 0. The molecule has 0 N–H and O–H groups in total. The lowest BCUT2D eigenvalue weighted by atomic mass is 9.95. The third-order valence-electron chi connectivity index (χ3n) is 5.53. The number of unbranched alkanes of at least 4 members (excludes halogenated alkanes) is 8. The number of imide groups is 1. The van der Waals surface area contributed by atoms with Crippen LogP contribution in [0.5, 0.6) is 0 Å². The Bertz CT molecular complexity index is 559. The maximum atomic E-state index is 12.7. The Balaban J connectivity index is 1.79. The van der Waals surface area contributed by atoms with E-state index in [2.05, 4.69) is 20.8 Å². The Labute approximate surface area is 159 Å². The summed E-state index contributed by atoms with van der Waals surface area (Å²) in [5, 5.41) is 0. The van der Waals surface area contributed by atoms with E-state index < -0.39 is 0 Å². The van der Waals surface area contributed by atoms with Crippen LogP contribution in [-0.4, -0.2) is 22.8 Å². The lowest BCUT2D eigenvalue weighted by molar-refractivity contribution is 0.0527. The van der Waals surface area contributed by atoms with Crippen LogP contribution in [0.15, 0.2) is 24.3 Å². The first kappa shape index (κ1) is 20.7. The fourth-order valence-corrected chi connectivity index (χ4v) is 3.93. The Kier molecular flexibility index (Phi) is 8.34. The van der Waals surface area contributed by atoms with Crippen LogP contribution in [0.1, 0.15) is 106 Å². The van der Waals surface area contributed by atoms with Crippen molar-refractivity contribution >= 4 is 11.8 Å². The van der Waals surface area contributed by atoms with Gasteiger partial charge >= 0.3 is 0 Å². The summed E-state index contributed by atoms with van der Waals surface area (Å²) in [6, 6.07) is 7.21. The van der Waals surface area contributed by atoms with Gasteiger partial charge in [-0.2, -0.15) is 0 Å². The van der Waals surface area contributed by atoms with Gasteiger partial charge in [0.15, 0.2) is 0 Å². The average Bonchev–Trinajstić information content (AvgIpc) is 2.88. The van der Waals surface area contributed by atoms with Crippen LogP contribution in [0.25, 0.3) is 0 Å². The van der Waals surface area contributed by atoms with Crippen molar-refractivity contribution in [3.05, 3.63) is 35.4 Å². The fraction of sp³-hybridized carbons (Fsp3) is 0.652. The largest absolute Gasteiger partial charge is 0.271 e. The highest BCUT2D eigenvalue weighted by Crippen LogP contribution is 2.29. The molecule has 1 aromatic rings. The Morgan fingerprint density at radius 2 is 1.23 bits per heavy atom. The molecule has 3 nitrogen and oxygen atoms in total. The molecule has 144 valence electrons. The molecular weight excluding hydrogens is 322 g/mol. The first-order valence-electron chi connectivity index (χ1n) is 10.5. The third-order valence-corrected chi connectivity index (χ3v) is 5.53. The predicted molar refractivity (Wildman–Crippen MR) is 107 cm³/mol. The lowest BCUT2D eigenvalue weighted by Crippen LogP contribution is -2.43. The van der Waals surface area contributed by atoms with Gasteiger partial charge in [0.1, 0.15) is 0 Å². The molecule has 1 aliphatic heterocycles. The molecule has 0 radical (unpaired) electrons. The van der Waals surface area contributed by atoms with Crippen LogP contribution in [0.4, 0.5) is 0 Å². The van der Waals surface area contributed by atoms with Gasteiger partial charge < -0.3 is 0 Å². The van der Waals surface area contributed by atoms with Crippen LogP contribution >= 0.6 is 0 Å². The molecule has 0 spiro atoms. The average molecular weight is 358 g/mol. The van der Waals surface area contributed by atoms with Gasteiger partial charge in [0.25, 0.3) is 11.8 Å². The zero-order valence-corrected chi connectivity index (χ0v) is 16.8. The van der Waals surface area contributed by atoms with Gasteiger partial charge in [-0.05, 0) is 24.5 Å². The maximum Gasteiger partial charge on any atom is 0.261 e. The third kappa shape index (κ3) is 5.18. The summed E-state index contributed by atoms with van der Waals surface area (Å²) in [5.41, 5.74) is 1.13. The van der Waals surface area contributed by atoms with Gasteiger partial charge in [0, 0.05) is 6.04 Å². The number of benzene rings is 1. The smallest absolute Gasteiger partial charge is 0.261 e. The highest BCUT2D eigenvalue weighted by Gasteiger charge is 2.40. The second-order valence-corrected chi connectivity index (χ2v) is 7.95. The zero-order valence-electron chi connectivity index (χ0n) is 16.8. The zero-order chi connectivity index (χ0) is 18.9. The number of fused-ring (bicyclic) bond motifs is 1. The molecule has 26 heavy (non-hydrogen) atoms. The van der Waals surface area contributed by atoms with Crippen molar-refractivity contribution in [1.82, 2.24) is 4.90 Å². The normalized spacial score (nSPS) is 15.0. The monoisotopic (exact) mass is 357 g/mol. The highest BCUT2D eigenvalue weighted by atomic mass is 16.2. The van der Waals surface area contributed by atoms with Crippen LogP contribution in [0, 0.1) is 5.92 Å². The first-order valence-corrected chi connectivity index (χ1v) is 10.5. The Morgan fingerprint density at radius 3 is 1.69 bits per heavy atom. The first-order chi connectivity index (χ1) is 12.6. The molecule has 0 saturated heterocycles. The predicted octanol–water partition coefficient (Wildman–Crippen LogP) is 6.23. The standard InChI is InChI=1S/C23H35NO2/c1-4-5-6-7-8-9-10-11-12-17-21(18(2)3)24-22(25)19-15-13-14-16-20(19)23(24)26/h13-16,18,21H,4-12,17H2,1-3H3. The van der Waals surface area contributed by atoms with Crippen molar-refractivity contribution < 1.29 is 9.59 Å². The number of carbonyl (C=O) groups is 2. The summed E-state index contributed by atoms with van der Waals surface area (Å²) in [6.07, 6.45) is 12.5. The van der Waals surface area contributed by atoms with Crippen LogP contribution in [0.2, 0.25) is 0 Å². The van der Waals surface area contributed by atoms with E-state index >= 15 is 0 Å². The molecule has 0 saturated carbocycles.